The molecule has 2 N–H and O–H groups in total. The highest BCUT2D eigenvalue weighted by molar-refractivity contribution is 6.00. The van der Waals surface area contributed by atoms with Crippen molar-refractivity contribution in [1.82, 2.24) is 15.1 Å². The summed E-state index contributed by atoms with van der Waals surface area (Å²) in [5, 5.41) is 18.1. The molecular weight excluding hydrogens is 378 g/mol. The van der Waals surface area contributed by atoms with Crippen LogP contribution in [0.5, 0.6) is 11.5 Å². The van der Waals surface area contributed by atoms with Crippen molar-refractivity contribution in [3.8, 4) is 22.8 Å². The monoisotopic (exact) mass is 405 g/mol. The number of aromatic amines is 1. The van der Waals surface area contributed by atoms with Gasteiger partial charge in [-0.15, -0.1) is 0 Å². The molecule has 0 spiro atoms. The van der Waals surface area contributed by atoms with Crippen molar-refractivity contribution in [3.05, 3.63) is 64.3 Å². The predicted octanol–water partition coefficient (Wildman–Crippen LogP) is 4.75. The first-order valence-electron chi connectivity index (χ1n) is 10.3. The first kappa shape index (κ1) is 20.0. The van der Waals surface area contributed by atoms with Crippen LogP contribution < -0.4 is 4.74 Å². The predicted molar refractivity (Wildman–Crippen MR) is 116 cm³/mol. The van der Waals surface area contributed by atoms with Crippen LogP contribution in [0.25, 0.3) is 11.3 Å². The number of aromatic hydroxyl groups is 1. The number of phenols is 1. The zero-order valence-electron chi connectivity index (χ0n) is 17.8. The molecule has 1 aromatic heterocycles. The van der Waals surface area contributed by atoms with E-state index in [1.54, 1.807) is 13.2 Å². The number of carbonyl (C=O) groups excluding carboxylic acids is 1. The van der Waals surface area contributed by atoms with E-state index in [-0.39, 0.29) is 17.7 Å². The molecule has 0 aliphatic carbocycles. The van der Waals surface area contributed by atoms with Crippen LogP contribution in [0.4, 0.5) is 0 Å². The number of fused-ring (bicyclic) bond motifs is 1. The highest BCUT2D eigenvalue weighted by Crippen LogP contribution is 2.45. The van der Waals surface area contributed by atoms with Crippen molar-refractivity contribution >= 4 is 5.91 Å². The molecular formula is C24H27N3O3. The molecule has 2 aromatic carbocycles. The van der Waals surface area contributed by atoms with Crippen molar-refractivity contribution in [1.29, 1.82) is 0 Å². The fourth-order valence-corrected chi connectivity index (χ4v) is 4.33. The number of unbranched alkanes of at least 4 members (excludes halogenated alkanes) is 1. The number of aryl methyl sites for hydroxylation is 2. The summed E-state index contributed by atoms with van der Waals surface area (Å²) >= 11 is 0. The molecule has 4 rings (SSSR count). The number of hydrogen-bond acceptors (Lipinski definition) is 4. The first-order chi connectivity index (χ1) is 14.5. The molecule has 1 atom stereocenters. The van der Waals surface area contributed by atoms with E-state index in [1.165, 1.54) is 0 Å². The third-order valence-corrected chi connectivity index (χ3v) is 5.74. The molecule has 30 heavy (non-hydrogen) atoms. The van der Waals surface area contributed by atoms with Crippen LogP contribution in [0.15, 0.2) is 36.4 Å². The van der Waals surface area contributed by atoms with Gasteiger partial charge in [-0.3, -0.25) is 9.89 Å². The maximum atomic E-state index is 13.2. The summed E-state index contributed by atoms with van der Waals surface area (Å²) in [7, 11) is 1.64. The molecule has 0 fully saturated rings. The Morgan fingerprint density at radius 3 is 2.57 bits per heavy atom. The Bertz CT molecular complexity index is 1060. The second-order valence-electron chi connectivity index (χ2n) is 7.86. The van der Waals surface area contributed by atoms with Gasteiger partial charge in [-0.2, -0.15) is 5.10 Å². The van der Waals surface area contributed by atoms with E-state index in [0.717, 1.165) is 40.8 Å². The second kappa shape index (κ2) is 7.86. The zero-order valence-corrected chi connectivity index (χ0v) is 17.8. The van der Waals surface area contributed by atoms with Gasteiger partial charge in [0.2, 0.25) is 0 Å². The van der Waals surface area contributed by atoms with Gasteiger partial charge in [0.1, 0.15) is 22.9 Å². The summed E-state index contributed by atoms with van der Waals surface area (Å²) < 4.78 is 5.30. The van der Waals surface area contributed by atoms with E-state index in [1.807, 2.05) is 49.1 Å². The summed E-state index contributed by atoms with van der Waals surface area (Å²) in [6.07, 6.45) is 1.91. The molecule has 6 heteroatoms. The second-order valence-corrected chi connectivity index (χ2v) is 7.86. The van der Waals surface area contributed by atoms with Crippen LogP contribution in [0.1, 0.15) is 58.5 Å². The molecule has 1 aliphatic rings. The number of amides is 1. The van der Waals surface area contributed by atoms with Gasteiger partial charge in [0.25, 0.3) is 5.91 Å². The average molecular weight is 405 g/mol. The van der Waals surface area contributed by atoms with Gasteiger partial charge in [0.15, 0.2) is 0 Å². The number of phenolic OH excluding ortho intramolecular Hbond substituents is 1. The molecule has 0 radical (unpaired) electrons. The Kier molecular flexibility index (Phi) is 5.24. The molecule has 0 bridgehead atoms. The Labute approximate surface area is 176 Å². The third-order valence-electron chi connectivity index (χ3n) is 5.74. The molecule has 1 unspecified atom stereocenters. The van der Waals surface area contributed by atoms with E-state index >= 15 is 0 Å². The standard InChI is InChI=1S/C24H27N3O3/c1-5-6-11-27-23(16-7-9-17(30-4)10-8-16)20-21(25-26-22(20)24(27)29)19-15(3)12-14(2)13-18(19)28/h7-10,12-13,23,28H,5-6,11H2,1-4H3,(H,25,26). The van der Waals surface area contributed by atoms with Crippen LogP contribution in [0.3, 0.4) is 0 Å². The van der Waals surface area contributed by atoms with E-state index in [2.05, 4.69) is 17.1 Å². The number of nitrogens with zero attached hydrogens (tertiary/aromatic N) is 2. The minimum atomic E-state index is -0.265. The minimum Gasteiger partial charge on any atom is -0.507 e. The molecule has 0 saturated carbocycles. The van der Waals surface area contributed by atoms with Crippen molar-refractivity contribution < 1.29 is 14.6 Å². The van der Waals surface area contributed by atoms with Gasteiger partial charge in [-0.25, -0.2) is 0 Å². The lowest BCUT2D eigenvalue weighted by atomic mass is 9.93. The number of aromatic nitrogens is 2. The summed E-state index contributed by atoms with van der Waals surface area (Å²) in [6.45, 7) is 6.68. The normalized spacial score (nSPS) is 15.5. The largest absolute Gasteiger partial charge is 0.507 e. The fourth-order valence-electron chi connectivity index (χ4n) is 4.33. The molecule has 3 aromatic rings. The van der Waals surface area contributed by atoms with Gasteiger partial charge in [-0.05, 0) is 55.2 Å². The molecule has 2 heterocycles. The van der Waals surface area contributed by atoms with E-state index in [0.29, 0.717) is 23.5 Å². The number of benzene rings is 2. The Morgan fingerprint density at radius 1 is 1.20 bits per heavy atom. The van der Waals surface area contributed by atoms with E-state index < -0.39 is 0 Å². The summed E-state index contributed by atoms with van der Waals surface area (Å²) in [4.78, 5) is 15.1. The molecule has 156 valence electrons. The van der Waals surface area contributed by atoms with Crippen molar-refractivity contribution in [2.45, 2.75) is 39.7 Å². The Balaban J connectivity index is 1.89. The Hall–Kier alpha value is -3.28. The van der Waals surface area contributed by atoms with Gasteiger partial charge in [0, 0.05) is 17.7 Å². The molecule has 1 amide bonds. The highest BCUT2D eigenvalue weighted by Gasteiger charge is 2.42. The smallest absolute Gasteiger partial charge is 0.273 e. The fraction of sp³-hybridized carbons (Fsp3) is 0.333. The van der Waals surface area contributed by atoms with Gasteiger partial charge < -0.3 is 14.7 Å². The van der Waals surface area contributed by atoms with Gasteiger partial charge >= 0.3 is 0 Å². The van der Waals surface area contributed by atoms with E-state index in [9.17, 15) is 9.90 Å². The summed E-state index contributed by atoms with van der Waals surface area (Å²) in [5.74, 6) is 0.889. The van der Waals surface area contributed by atoms with Gasteiger partial charge in [0.05, 0.1) is 13.2 Å². The van der Waals surface area contributed by atoms with Crippen LogP contribution in [0.2, 0.25) is 0 Å². The Morgan fingerprint density at radius 2 is 1.93 bits per heavy atom. The van der Waals surface area contributed by atoms with Crippen LogP contribution in [-0.4, -0.2) is 39.8 Å². The highest BCUT2D eigenvalue weighted by atomic mass is 16.5. The van der Waals surface area contributed by atoms with Crippen LogP contribution >= 0.6 is 0 Å². The lowest BCUT2D eigenvalue weighted by molar-refractivity contribution is 0.0741. The number of methoxy groups -OCH3 is 1. The van der Waals surface area contributed by atoms with E-state index in [4.69, 9.17) is 4.74 Å². The third kappa shape index (κ3) is 3.22. The van der Waals surface area contributed by atoms with Crippen LogP contribution in [-0.2, 0) is 0 Å². The number of ether oxygens (including phenoxy) is 1. The number of hydrogen-bond donors (Lipinski definition) is 2. The van der Waals surface area contributed by atoms with Crippen molar-refractivity contribution in [2.75, 3.05) is 13.7 Å². The zero-order chi connectivity index (χ0) is 21.4. The number of H-pyrrole nitrogens is 1. The van der Waals surface area contributed by atoms with Gasteiger partial charge in [-0.1, -0.05) is 31.5 Å². The maximum absolute atomic E-state index is 13.2. The summed E-state index contributed by atoms with van der Waals surface area (Å²) in [5.41, 5.74) is 5.52. The number of nitrogens with one attached hydrogen (secondary N) is 1. The molecule has 1 aliphatic heterocycles. The van der Waals surface area contributed by atoms with Crippen molar-refractivity contribution in [2.24, 2.45) is 0 Å². The molecule has 6 nitrogen and oxygen atoms in total. The minimum absolute atomic E-state index is 0.0535. The quantitative estimate of drug-likeness (QED) is 0.620. The number of rotatable bonds is 6. The first-order valence-corrected chi connectivity index (χ1v) is 10.3. The average Bonchev–Trinajstić information content (AvgIpc) is 3.25. The maximum Gasteiger partial charge on any atom is 0.273 e. The van der Waals surface area contributed by atoms with Crippen LogP contribution in [0, 0.1) is 13.8 Å². The topological polar surface area (TPSA) is 78.5 Å². The SMILES string of the molecule is CCCCN1C(=O)c2[nH]nc(-c3c(C)cc(C)cc3O)c2C1c1ccc(OC)cc1. The number of carbonyl (C=O) groups is 1. The lowest BCUT2D eigenvalue weighted by Crippen LogP contribution is -2.30. The van der Waals surface area contributed by atoms with Crippen molar-refractivity contribution in [3.63, 3.8) is 0 Å². The molecule has 0 saturated heterocycles. The lowest BCUT2D eigenvalue weighted by Gasteiger charge is -2.26. The summed E-state index contributed by atoms with van der Waals surface area (Å²) in [6, 6.07) is 11.3.